The van der Waals surface area contributed by atoms with E-state index in [1.165, 1.54) is 0 Å². The SMILES string of the molecule is CCCO[SiH](COC(C)=S)OCCC. The molecule has 84 valence electrons. The van der Waals surface area contributed by atoms with Gasteiger partial charge in [0.1, 0.15) is 6.23 Å². The molecule has 0 aliphatic heterocycles. The molecule has 0 bridgehead atoms. The molecule has 0 aliphatic rings. The zero-order valence-electron chi connectivity index (χ0n) is 9.25. The molecule has 14 heavy (non-hydrogen) atoms. The van der Waals surface area contributed by atoms with Crippen LogP contribution in [0.25, 0.3) is 0 Å². The first-order valence-corrected chi connectivity index (χ1v) is 7.24. The van der Waals surface area contributed by atoms with Crippen LogP contribution in [0.2, 0.25) is 0 Å². The average Bonchev–Trinajstić information content (AvgIpc) is 2.16. The lowest BCUT2D eigenvalue weighted by Gasteiger charge is -2.16. The van der Waals surface area contributed by atoms with E-state index < -0.39 is 9.28 Å². The Morgan fingerprint density at radius 1 is 1.14 bits per heavy atom. The van der Waals surface area contributed by atoms with Gasteiger partial charge < -0.3 is 13.6 Å². The van der Waals surface area contributed by atoms with E-state index in [0.29, 0.717) is 11.3 Å². The molecule has 0 heterocycles. The smallest absolute Gasteiger partial charge is 0.360 e. The van der Waals surface area contributed by atoms with Crippen molar-refractivity contribution in [2.24, 2.45) is 0 Å². The molecular formula is C9H20O3SSi. The van der Waals surface area contributed by atoms with Gasteiger partial charge in [-0.1, -0.05) is 13.8 Å². The Labute approximate surface area is 93.6 Å². The molecule has 0 saturated carbocycles. The van der Waals surface area contributed by atoms with E-state index in [1.54, 1.807) is 6.92 Å². The third-order valence-corrected chi connectivity index (χ3v) is 3.21. The predicted octanol–water partition coefficient (Wildman–Crippen LogP) is 1.96. The normalized spacial score (nSPS) is 10.6. The molecule has 0 rings (SSSR count). The highest BCUT2D eigenvalue weighted by Crippen LogP contribution is 1.95. The quantitative estimate of drug-likeness (QED) is 0.476. The van der Waals surface area contributed by atoms with Gasteiger partial charge in [0.25, 0.3) is 0 Å². The summed E-state index contributed by atoms with van der Waals surface area (Å²) in [5.74, 6) is 0. The second-order valence-corrected chi connectivity index (χ2v) is 5.41. The summed E-state index contributed by atoms with van der Waals surface area (Å²) in [4.78, 5) is 0. The van der Waals surface area contributed by atoms with Gasteiger partial charge in [0.05, 0.1) is 0 Å². The number of rotatable bonds is 8. The molecule has 0 spiro atoms. The Morgan fingerprint density at radius 2 is 1.64 bits per heavy atom. The van der Waals surface area contributed by atoms with Gasteiger partial charge in [-0.25, -0.2) is 0 Å². The lowest BCUT2D eigenvalue weighted by atomic mass is 10.5. The van der Waals surface area contributed by atoms with Crippen molar-refractivity contribution in [3.05, 3.63) is 0 Å². The van der Waals surface area contributed by atoms with Crippen LogP contribution in [0.1, 0.15) is 33.6 Å². The van der Waals surface area contributed by atoms with Crippen LogP contribution in [-0.2, 0) is 13.6 Å². The van der Waals surface area contributed by atoms with Crippen LogP contribution < -0.4 is 0 Å². The summed E-state index contributed by atoms with van der Waals surface area (Å²) in [5.41, 5.74) is 0. The summed E-state index contributed by atoms with van der Waals surface area (Å²) >= 11 is 4.83. The first kappa shape index (κ1) is 14.0. The number of hydrogen-bond acceptors (Lipinski definition) is 4. The summed E-state index contributed by atoms with van der Waals surface area (Å²) in [5, 5.41) is 0.558. The van der Waals surface area contributed by atoms with E-state index in [-0.39, 0.29) is 0 Å². The number of thiocarbonyl (C=S) groups is 1. The molecule has 0 unspecified atom stereocenters. The number of ether oxygens (including phenoxy) is 1. The molecule has 3 nitrogen and oxygen atoms in total. The van der Waals surface area contributed by atoms with E-state index >= 15 is 0 Å². The van der Waals surface area contributed by atoms with Crippen molar-refractivity contribution in [1.82, 2.24) is 0 Å². The van der Waals surface area contributed by atoms with Crippen molar-refractivity contribution in [3.8, 4) is 0 Å². The minimum Gasteiger partial charge on any atom is -0.486 e. The number of hydrogen-bond donors (Lipinski definition) is 0. The van der Waals surface area contributed by atoms with Crippen LogP contribution in [0.15, 0.2) is 0 Å². The van der Waals surface area contributed by atoms with E-state index in [9.17, 15) is 0 Å². The fraction of sp³-hybridized carbons (Fsp3) is 0.889. The Morgan fingerprint density at radius 3 is 2.00 bits per heavy atom. The highest BCUT2D eigenvalue weighted by atomic mass is 32.1. The van der Waals surface area contributed by atoms with Crippen LogP contribution in [0, 0.1) is 0 Å². The first-order valence-electron chi connectivity index (χ1n) is 5.07. The van der Waals surface area contributed by atoms with Gasteiger partial charge in [-0.05, 0) is 25.1 Å². The van der Waals surface area contributed by atoms with Crippen molar-refractivity contribution in [1.29, 1.82) is 0 Å². The van der Waals surface area contributed by atoms with Crippen molar-refractivity contribution in [3.63, 3.8) is 0 Å². The third kappa shape index (κ3) is 8.62. The minimum absolute atomic E-state index is 0.523. The molecule has 0 fully saturated rings. The Bertz CT molecular complexity index is 147. The fourth-order valence-corrected chi connectivity index (χ4v) is 2.69. The van der Waals surface area contributed by atoms with E-state index in [1.807, 2.05) is 0 Å². The monoisotopic (exact) mass is 236 g/mol. The van der Waals surface area contributed by atoms with Crippen LogP contribution in [0.5, 0.6) is 0 Å². The Balaban J connectivity index is 3.65. The van der Waals surface area contributed by atoms with Crippen molar-refractivity contribution in [2.45, 2.75) is 33.6 Å². The predicted molar refractivity (Wildman–Crippen MR) is 63.9 cm³/mol. The summed E-state index contributed by atoms with van der Waals surface area (Å²) in [6.45, 7) is 7.43. The molecule has 0 atom stereocenters. The maximum Gasteiger partial charge on any atom is 0.360 e. The molecule has 0 aromatic heterocycles. The molecule has 0 radical (unpaired) electrons. The topological polar surface area (TPSA) is 27.7 Å². The summed E-state index contributed by atoms with van der Waals surface area (Å²) in [7, 11) is -1.63. The lowest BCUT2D eigenvalue weighted by Crippen LogP contribution is -2.30. The maximum atomic E-state index is 5.58. The molecule has 0 saturated heterocycles. The minimum atomic E-state index is -1.63. The standard InChI is InChI=1S/C9H20O3SSi/c1-4-6-11-14(12-7-5-2)8-10-9(3)13/h14H,4-8H2,1-3H3. The second-order valence-electron chi connectivity index (χ2n) is 2.97. The summed E-state index contributed by atoms with van der Waals surface area (Å²) in [6.07, 6.45) is 2.54. The molecule has 0 N–H and O–H groups in total. The van der Waals surface area contributed by atoms with Gasteiger partial charge in [0.15, 0.2) is 5.05 Å². The summed E-state index contributed by atoms with van der Waals surface area (Å²) < 4.78 is 16.4. The molecule has 5 heteroatoms. The van der Waals surface area contributed by atoms with Gasteiger partial charge >= 0.3 is 9.28 Å². The third-order valence-electron chi connectivity index (χ3n) is 1.44. The fourth-order valence-electron chi connectivity index (χ4n) is 0.828. The van der Waals surface area contributed by atoms with Crippen LogP contribution in [-0.4, -0.2) is 33.8 Å². The summed E-state index contributed by atoms with van der Waals surface area (Å²) in [6, 6.07) is 0. The van der Waals surface area contributed by atoms with Crippen LogP contribution in [0.4, 0.5) is 0 Å². The molecular weight excluding hydrogens is 216 g/mol. The van der Waals surface area contributed by atoms with E-state index in [4.69, 9.17) is 25.8 Å². The maximum absolute atomic E-state index is 5.58. The zero-order chi connectivity index (χ0) is 10.8. The Hall–Kier alpha value is 0.0269. The van der Waals surface area contributed by atoms with Crippen LogP contribution in [0.3, 0.4) is 0 Å². The largest absolute Gasteiger partial charge is 0.486 e. The van der Waals surface area contributed by atoms with Crippen LogP contribution >= 0.6 is 12.2 Å². The average molecular weight is 236 g/mol. The zero-order valence-corrected chi connectivity index (χ0v) is 11.2. The highest BCUT2D eigenvalue weighted by molar-refractivity contribution is 7.80. The Kier molecular flexibility index (Phi) is 9.60. The molecule has 0 amide bonds. The highest BCUT2D eigenvalue weighted by Gasteiger charge is 2.13. The van der Waals surface area contributed by atoms with Crippen molar-refractivity contribution < 1.29 is 13.6 Å². The first-order chi connectivity index (χ1) is 6.70. The molecule has 0 aromatic carbocycles. The van der Waals surface area contributed by atoms with Gasteiger partial charge in [-0.2, -0.15) is 0 Å². The molecule has 0 aromatic rings. The lowest BCUT2D eigenvalue weighted by molar-refractivity contribution is 0.173. The van der Waals surface area contributed by atoms with E-state index in [0.717, 1.165) is 26.1 Å². The van der Waals surface area contributed by atoms with Gasteiger partial charge in [-0.3, -0.25) is 0 Å². The van der Waals surface area contributed by atoms with Gasteiger partial charge in [0, 0.05) is 20.1 Å². The van der Waals surface area contributed by atoms with Crippen molar-refractivity contribution >= 4 is 26.6 Å². The van der Waals surface area contributed by atoms with Crippen molar-refractivity contribution in [2.75, 3.05) is 19.4 Å². The van der Waals surface area contributed by atoms with Gasteiger partial charge in [0.2, 0.25) is 0 Å². The van der Waals surface area contributed by atoms with E-state index in [2.05, 4.69) is 13.8 Å². The second kappa shape index (κ2) is 9.58. The van der Waals surface area contributed by atoms with Gasteiger partial charge in [-0.15, -0.1) is 0 Å². The molecule has 0 aliphatic carbocycles.